The first-order valence-corrected chi connectivity index (χ1v) is 6.68. The van der Waals surface area contributed by atoms with Crippen LogP contribution in [0.2, 0.25) is 0 Å². The molecule has 0 saturated carbocycles. The van der Waals surface area contributed by atoms with Crippen molar-refractivity contribution < 1.29 is 19.7 Å². The normalized spacial score (nSPS) is 10.1. The van der Waals surface area contributed by atoms with E-state index in [9.17, 15) is 4.79 Å². The summed E-state index contributed by atoms with van der Waals surface area (Å²) in [5.74, 6) is 0.725. The summed E-state index contributed by atoms with van der Waals surface area (Å²) < 4.78 is 6.57. The molecule has 5 nitrogen and oxygen atoms in total. The van der Waals surface area contributed by atoms with Gasteiger partial charge < -0.3 is 19.8 Å². The Morgan fingerprint density at radius 3 is 2.50 bits per heavy atom. The van der Waals surface area contributed by atoms with E-state index >= 15 is 0 Å². The van der Waals surface area contributed by atoms with E-state index in [1.807, 2.05) is 24.3 Å². The number of carbonyl (C=O) groups is 1. The van der Waals surface area contributed by atoms with Crippen molar-refractivity contribution in [2.45, 2.75) is 6.42 Å². The van der Waals surface area contributed by atoms with Crippen LogP contribution in [0.25, 0.3) is 0 Å². The number of benzene rings is 1. The molecule has 1 aromatic carbocycles. The van der Waals surface area contributed by atoms with Crippen molar-refractivity contribution in [1.82, 2.24) is 4.90 Å². The summed E-state index contributed by atoms with van der Waals surface area (Å²) in [4.78, 5) is 12.1. The SMILES string of the molecule is O=C(O)N(CCCO)CCOc1ccc(I)cc1. The van der Waals surface area contributed by atoms with Gasteiger partial charge in [-0.2, -0.15) is 0 Å². The van der Waals surface area contributed by atoms with Crippen molar-refractivity contribution in [3.05, 3.63) is 27.8 Å². The zero-order chi connectivity index (χ0) is 13.4. The van der Waals surface area contributed by atoms with Crippen molar-refractivity contribution in [1.29, 1.82) is 0 Å². The third kappa shape index (κ3) is 5.54. The predicted molar refractivity (Wildman–Crippen MR) is 76.0 cm³/mol. The Labute approximate surface area is 120 Å². The van der Waals surface area contributed by atoms with Gasteiger partial charge in [-0.25, -0.2) is 4.79 Å². The molecule has 0 aliphatic heterocycles. The lowest BCUT2D eigenvalue weighted by molar-refractivity contribution is 0.130. The Bertz CT molecular complexity index is 369. The van der Waals surface area contributed by atoms with Crippen LogP contribution in [-0.2, 0) is 0 Å². The molecule has 0 saturated heterocycles. The van der Waals surface area contributed by atoms with Gasteiger partial charge in [0, 0.05) is 16.7 Å². The number of hydrogen-bond acceptors (Lipinski definition) is 3. The lowest BCUT2D eigenvalue weighted by Crippen LogP contribution is -2.34. The zero-order valence-electron chi connectivity index (χ0n) is 9.88. The molecule has 18 heavy (non-hydrogen) atoms. The Balaban J connectivity index is 2.34. The highest BCUT2D eigenvalue weighted by Crippen LogP contribution is 2.13. The molecule has 100 valence electrons. The van der Waals surface area contributed by atoms with Crippen LogP contribution in [0.1, 0.15) is 6.42 Å². The van der Waals surface area contributed by atoms with Crippen LogP contribution in [0.4, 0.5) is 4.79 Å². The van der Waals surface area contributed by atoms with Crippen LogP contribution in [0.15, 0.2) is 24.3 Å². The van der Waals surface area contributed by atoms with Crippen molar-refractivity contribution >= 4 is 28.7 Å². The van der Waals surface area contributed by atoms with Crippen molar-refractivity contribution in [2.24, 2.45) is 0 Å². The topological polar surface area (TPSA) is 70.0 Å². The smallest absolute Gasteiger partial charge is 0.407 e. The average molecular weight is 365 g/mol. The molecule has 0 aromatic heterocycles. The highest BCUT2D eigenvalue weighted by molar-refractivity contribution is 14.1. The van der Waals surface area contributed by atoms with E-state index in [2.05, 4.69) is 22.6 Å². The fraction of sp³-hybridized carbons (Fsp3) is 0.417. The molecule has 6 heteroatoms. The molecule has 0 aliphatic rings. The van der Waals surface area contributed by atoms with Gasteiger partial charge >= 0.3 is 6.09 Å². The van der Waals surface area contributed by atoms with E-state index in [1.165, 1.54) is 4.90 Å². The van der Waals surface area contributed by atoms with Gasteiger partial charge in [0.25, 0.3) is 0 Å². The highest BCUT2D eigenvalue weighted by Gasteiger charge is 2.10. The summed E-state index contributed by atoms with van der Waals surface area (Å²) in [7, 11) is 0. The number of rotatable bonds is 7. The largest absolute Gasteiger partial charge is 0.492 e. The number of ether oxygens (including phenoxy) is 1. The Hall–Kier alpha value is -1.02. The molecule has 0 atom stereocenters. The van der Waals surface area contributed by atoms with Gasteiger partial charge in [0.15, 0.2) is 0 Å². The lowest BCUT2D eigenvalue weighted by Gasteiger charge is -2.18. The van der Waals surface area contributed by atoms with Gasteiger partial charge in [-0.1, -0.05) is 0 Å². The summed E-state index contributed by atoms with van der Waals surface area (Å²) in [5.41, 5.74) is 0. The molecule has 0 radical (unpaired) electrons. The van der Waals surface area contributed by atoms with Crippen LogP contribution in [0, 0.1) is 3.57 Å². The van der Waals surface area contributed by atoms with Crippen LogP contribution in [0.5, 0.6) is 5.75 Å². The molecule has 0 bridgehead atoms. The molecule has 0 heterocycles. The van der Waals surface area contributed by atoms with Crippen molar-refractivity contribution in [3.8, 4) is 5.75 Å². The molecule has 1 rings (SSSR count). The molecule has 0 fully saturated rings. The molecule has 0 spiro atoms. The number of aliphatic hydroxyl groups excluding tert-OH is 1. The first-order chi connectivity index (χ1) is 8.63. The fourth-order valence-corrected chi connectivity index (χ4v) is 1.73. The molecule has 0 unspecified atom stereocenters. The van der Waals surface area contributed by atoms with Gasteiger partial charge in [0.05, 0.1) is 6.54 Å². The van der Waals surface area contributed by atoms with Gasteiger partial charge in [-0.3, -0.25) is 0 Å². The first-order valence-electron chi connectivity index (χ1n) is 5.60. The summed E-state index contributed by atoms with van der Waals surface area (Å²) in [5, 5.41) is 17.6. The van der Waals surface area contributed by atoms with E-state index in [4.69, 9.17) is 14.9 Å². The minimum atomic E-state index is -0.991. The summed E-state index contributed by atoms with van der Waals surface area (Å²) in [6, 6.07) is 7.55. The van der Waals surface area contributed by atoms with E-state index in [0.717, 1.165) is 9.32 Å². The molecule has 1 amide bonds. The van der Waals surface area contributed by atoms with Crippen molar-refractivity contribution in [2.75, 3.05) is 26.3 Å². The minimum absolute atomic E-state index is 0.0121. The Morgan fingerprint density at radius 2 is 1.94 bits per heavy atom. The summed E-state index contributed by atoms with van der Waals surface area (Å²) >= 11 is 2.20. The van der Waals surface area contributed by atoms with Gasteiger partial charge in [0.2, 0.25) is 0 Å². The molecular weight excluding hydrogens is 349 g/mol. The maximum absolute atomic E-state index is 10.9. The predicted octanol–water partition coefficient (Wildman–Crippen LogP) is 2.03. The van der Waals surface area contributed by atoms with Gasteiger partial charge in [0.1, 0.15) is 12.4 Å². The molecule has 2 N–H and O–H groups in total. The fourth-order valence-electron chi connectivity index (χ4n) is 1.37. The lowest BCUT2D eigenvalue weighted by atomic mass is 10.3. The van der Waals surface area contributed by atoms with E-state index < -0.39 is 6.09 Å². The first kappa shape index (κ1) is 15.0. The second-order valence-electron chi connectivity index (χ2n) is 3.65. The van der Waals surface area contributed by atoms with E-state index in [1.54, 1.807) is 0 Å². The number of aliphatic hydroxyl groups is 1. The number of nitrogens with zero attached hydrogens (tertiary/aromatic N) is 1. The quantitative estimate of drug-likeness (QED) is 0.726. The highest BCUT2D eigenvalue weighted by atomic mass is 127. The second-order valence-corrected chi connectivity index (χ2v) is 4.89. The molecule has 1 aromatic rings. The average Bonchev–Trinajstić information content (AvgIpc) is 2.35. The summed E-state index contributed by atoms with van der Waals surface area (Å²) in [6.45, 7) is 0.906. The standard InChI is InChI=1S/C12H16INO4/c13-10-2-4-11(5-3-10)18-9-7-14(12(16)17)6-1-8-15/h2-5,15H,1,6-9H2,(H,16,17). The molecular formula is C12H16INO4. The second kappa shape index (κ2) is 8.15. The van der Waals surface area contributed by atoms with Gasteiger partial charge in [-0.05, 0) is 53.3 Å². The maximum Gasteiger partial charge on any atom is 0.407 e. The van der Waals surface area contributed by atoms with Crippen LogP contribution in [-0.4, -0.2) is 47.5 Å². The third-order valence-electron chi connectivity index (χ3n) is 2.30. The minimum Gasteiger partial charge on any atom is -0.492 e. The Morgan fingerprint density at radius 1 is 1.28 bits per heavy atom. The molecule has 0 aliphatic carbocycles. The number of hydrogen-bond donors (Lipinski definition) is 2. The van der Waals surface area contributed by atoms with E-state index in [-0.39, 0.29) is 6.61 Å². The number of carboxylic acid groups (broad SMARTS) is 1. The summed E-state index contributed by atoms with van der Waals surface area (Å²) in [6.07, 6.45) is -0.551. The van der Waals surface area contributed by atoms with E-state index in [0.29, 0.717) is 26.1 Å². The maximum atomic E-state index is 10.9. The van der Waals surface area contributed by atoms with Crippen LogP contribution >= 0.6 is 22.6 Å². The van der Waals surface area contributed by atoms with Crippen LogP contribution in [0.3, 0.4) is 0 Å². The monoisotopic (exact) mass is 365 g/mol. The third-order valence-corrected chi connectivity index (χ3v) is 3.02. The van der Waals surface area contributed by atoms with Crippen molar-refractivity contribution in [3.63, 3.8) is 0 Å². The Kier molecular flexibility index (Phi) is 6.81. The van der Waals surface area contributed by atoms with Gasteiger partial charge in [-0.15, -0.1) is 0 Å². The number of amides is 1. The van der Waals surface area contributed by atoms with Crippen LogP contribution < -0.4 is 4.74 Å². The number of halogens is 1. The zero-order valence-corrected chi connectivity index (χ0v) is 12.0.